The van der Waals surface area contributed by atoms with E-state index in [-0.39, 0.29) is 0 Å². The fraction of sp³-hybridized carbons (Fsp3) is 0.667. The van der Waals surface area contributed by atoms with Gasteiger partial charge >= 0.3 is 0 Å². The third-order valence-corrected chi connectivity index (χ3v) is 2.83. The van der Waals surface area contributed by atoms with Crippen molar-refractivity contribution >= 4 is 5.84 Å². The van der Waals surface area contributed by atoms with Crippen LogP contribution in [0.5, 0.6) is 0 Å². The number of nitrogens with zero attached hydrogens (tertiary/aromatic N) is 3. The summed E-state index contributed by atoms with van der Waals surface area (Å²) in [7, 11) is 0. The van der Waals surface area contributed by atoms with Crippen LogP contribution in [0.25, 0.3) is 0 Å². The summed E-state index contributed by atoms with van der Waals surface area (Å²) in [5.74, 6) is 1.21. The van der Waals surface area contributed by atoms with E-state index in [0.717, 1.165) is 32.5 Å². The van der Waals surface area contributed by atoms with E-state index in [2.05, 4.69) is 15.4 Å². The summed E-state index contributed by atoms with van der Waals surface area (Å²) in [4.78, 5) is 4.54. The van der Waals surface area contributed by atoms with Gasteiger partial charge < -0.3 is 5.32 Å². The van der Waals surface area contributed by atoms with Gasteiger partial charge in [0.15, 0.2) is 0 Å². The van der Waals surface area contributed by atoms with Crippen LogP contribution in [0.2, 0.25) is 0 Å². The van der Waals surface area contributed by atoms with Crippen molar-refractivity contribution in [2.24, 2.45) is 4.99 Å². The summed E-state index contributed by atoms with van der Waals surface area (Å²) in [6.07, 6.45) is 9.90. The molecule has 0 atom stereocenters. The van der Waals surface area contributed by atoms with E-state index in [9.17, 15) is 0 Å². The smallest absolute Gasteiger partial charge is 0.0963 e. The molecule has 16 heavy (non-hydrogen) atoms. The molecular weight excluding hydrogens is 200 g/mol. The van der Waals surface area contributed by atoms with Gasteiger partial charge in [-0.2, -0.15) is 5.10 Å². The Morgan fingerprint density at radius 2 is 2.31 bits per heavy atom. The minimum absolute atomic E-state index is 0.979. The molecule has 1 aromatic rings. The molecule has 0 aliphatic carbocycles. The topological polar surface area (TPSA) is 42.2 Å². The Morgan fingerprint density at radius 3 is 3.19 bits per heavy atom. The van der Waals surface area contributed by atoms with Crippen LogP contribution in [0.1, 0.15) is 32.1 Å². The highest BCUT2D eigenvalue weighted by atomic mass is 15.3. The van der Waals surface area contributed by atoms with Crippen molar-refractivity contribution < 1.29 is 0 Å². The molecule has 0 amide bonds. The zero-order valence-corrected chi connectivity index (χ0v) is 9.73. The Bertz CT molecular complexity index is 316. The molecule has 0 saturated heterocycles. The van der Waals surface area contributed by atoms with Gasteiger partial charge in [0.2, 0.25) is 0 Å². The van der Waals surface area contributed by atoms with Gasteiger partial charge in [-0.1, -0.05) is 6.42 Å². The first-order chi connectivity index (χ1) is 7.95. The van der Waals surface area contributed by atoms with Gasteiger partial charge in [0.1, 0.15) is 0 Å². The van der Waals surface area contributed by atoms with E-state index in [1.54, 1.807) is 0 Å². The SMILES string of the molecule is c1cnn(CCCNC2=NCCCCC2)c1. The van der Waals surface area contributed by atoms with E-state index in [4.69, 9.17) is 0 Å². The Morgan fingerprint density at radius 1 is 1.31 bits per heavy atom. The van der Waals surface area contributed by atoms with E-state index in [0.29, 0.717) is 0 Å². The predicted octanol–water partition coefficient (Wildman–Crippen LogP) is 1.84. The zero-order chi connectivity index (χ0) is 11.1. The van der Waals surface area contributed by atoms with Crippen molar-refractivity contribution in [1.82, 2.24) is 15.1 Å². The summed E-state index contributed by atoms with van der Waals surface area (Å²) in [5, 5.41) is 7.61. The van der Waals surface area contributed by atoms with Crippen LogP contribution in [0, 0.1) is 0 Å². The summed E-state index contributed by atoms with van der Waals surface area (Å²) in [6.45, 7) is 2.98. The molecule has 1 aliphatic rings. The van der Waals surface area contributed by atoms with E-state index < -0.39 is 0 Å². The second-order valence-electron chi connectivity index (χ2n) is 4.19. The first-order valence-corrected chi connectivity index (χ1v) is 6.20. The minimum Gasteiger partial charge on any atom is -0.374 e. The molecule has 0 aromatic carbocycles. The summed E-state index contributed by atoms with van der Waals surface area (Å²) < 4.78 is 1.97. The Kier molecular flexibility index (Phi) is 4.40. The molecule has 0 fully saturated rings. The molecule has 4 heteroatoms. The number of aryl methyl sites for hydroxylation is 1. The van der Waals surface area contributed by atoms with Crippen LogP contribution in [-0.4, -0.2) is 28.7 Å². The predicted molar refractivity (Wildman–Crippen MR) is 65.6 cm³/mol. The largest absolute Gasteiger partial charge is 0.374 e. The highest BCUT2D eigenvalue weighted by Gasteiger charge is 2.02. The van der Waals surface area contributed by atoms with Crippen LogP contribution in [0.3, 0.4) is 0 Å². The molecule has 88 valence electrons. The number of hydrogen-bond donors (Lipinski definition) is 1. The summed E-state index contributed by atoms with van der Waals surface area (Å²) >= 11 is 0. The molecule has 2 rings (SSSR count). The van der Waals surface area contributed by atoms with Crippen molar-refractivity contribution in [2.45, 2.75) is 38.6 Å². The highest BCUT2D eigenvalue weighted by Crippen LogP contribution is 2.05. The number of nitrogens with one attached hydrogen (secondary N) is 1. The fourth-order valence-corrected chi connectivity index (χ4v) is 1.92. The molecule has 1 aliphatic heterocycles. The van der Waals surface area contributed by atoms with Gasteiger partial charge in [0, 0.05) is 38.4 Å². The van der Waals surface area contributed by atoms with Crippen LogP contribution in [-0.2, 0) is 6.54 Å². The molecule has 2 heterocycles. The Labute approximate surface area is 96.8 Å². The third kappa shape index (κ3) is 3.68. The van der Waals surface area contributed by atoms with Crippen molar-refractivity contribution in [2.75, 3.05) is 13.1 Å². The standard InChI is InChI=1S/C12H20N4/c1-2-6-12(13-7-3-1)14-8-4-10-16-11-5-9-15-16/h5,9,11H,1-4,6-8,10H2,(H,13,14). The summed E-state index contributed by atoms with van der Waals surface area (Å²) in [5.41, 5.74) is 0. The maximum atomic E-state index is 4.54. The lowest BCUT2D eigenvalue weighted by Gasteiger charge is -2.08. The molecule has 1 N–H and O–H groups in total. The first kappa shape index (κ1) is 11.2. The van der Waals surface area contributed by atoms with Crippen molar-refractivity contribution in [3.05, 3.63) is 18.5 Å². The lowest BCUT2D eigenvalue weighted by molar-refractivity contribution is 0.571. The van der Waals surface area contributed by atoms with Crippen LogP contribution >= 0.6 is 0 Å². The maximum absolute atomic E-state index is 4.54. The molecule has 0 radical (unpaired) electrons. The molecule has 1 aromatic heterocycles. The minimum atomic E-state index is 0.979. The van der Waals surface area contributed by atoms with Crippen molar-refractivity contribution in [3.8, 4) is 0 Å². The number of aliphatic imine (C=N–C) groups is 1. The lowest BCUT2D eigenvalue weighted by atomic mass is 10.2. The molecule has 0 bridgehead atoms. The second kappa shape index (κ2) is 6.30. The second-order valence-corrected chi connectivity index (χ2v) is 4.19. The fourth-order valence-electron chi connectivity index (χ4n) is 1.92. The number of rotatable bonds is 4. The van der Waals surface area contributed by atoms with Gasteiger partial charge in [-0.15, -0.1) is 0 Å². The number of hydrogen-bond acceptors (Lipinski definition) is 3. The third-order valence-electron chi connectivity index (χ3n) is 2.83. The number of aromatic nitrogens is 2. The van der Waals surface area contributed by atoms with E-state index in [1.165, 1.54) is 25.1 Å². The van der Waals surface area contributed by atoms with E-state index >= 15 is 0 Å². The highest BCUT2D eigenvalue weighted by molar-refractivity contribution is 5.82. The molecule has 0 unspecified atom stereocenters. The van der Waals surface area contributed by atoms with Crippen molar-refractivity contribution in [3.63, 3.8) is 0 Å². The Balaban J connectivity index is 1.62. The summed E-state index contributed by atoms with van der Waals surface area (Å²) in [6, 6.07) is 1.96. The van der Waals surface area contributed by atoms with Gasteiger partial charge in [-0.3, -0.25) is 9.67 Å². The molecule has 4 nitrogen and oxygen atoms in total. The maximum Gasteiger partial charge on any atom is 0.0963 e. The first-order valence-electron chi connectivity index (χ1n) is 6.20. The Hall–Kier alpha value is -1.32. The van der Waals surface area contributed by atoms with Gasteiger partial charge in [0.25, 0.3) is 0 Å². The average molecular weight is 220 g/mol. The van der Waals surface area contributed by atoms with Gasteiger partial charge in [-0.05, 0) is 25.3 Å². The average Bonchev–Trinajstić information content (AvgIpc) is 2.68. The monoisotopic (exact) mass is 220 g/mol. The van der Waals surface area contributed by atoms with Crippen LogP contribution < -0.4 is 5.32 Å². The van der Waals surface area contributed by atoms with Crippen LogP contribution in [0.4, 0.5) is 0 Å². The molecule has 0 saturated carbocycles. The van der Waals surface area contributed by atoms with Crippen molar-refractivity contribution in [1.29, 1.82) is 0 Å². The van der Waals surface area contributed by atoms with Gasteiger partial charge in [-0.25, -0.2) is 0 Å². The van der Waals surface area contributed by atoms with Gasteiger partial charge in [0.05, 0.1) is 5.84 Å². The normalized spacial score (nSPS) is 16.6. The molecular formula is C12H20N4. The zero-order valence-electron chi connectivity index (χ0n) is 9.73. The molecule has 0 spiro atoms. The van der Waals surface area contributed by atoms with E-state index in [1.807, 2.05) is 23.1 Å². The lowest BCUT2D eigenvalue weighted by Crippen LogP contribution is -2.25. The number of amidine groups is 1. The quantitative estimate of drug-likeness (QED) is 0.787. The van der Waals surface area contributed by atoms with Crippen LogP contribution in [0.15, 0.2) is 23.5 Å².